The summed E-state index contributed by atoms with van der Waals surface area (Å²) in [5.74, 6) is -1.12. The molecule has 0 bridgehead atoms. The summed E-state index contributed by atoms with van der Waals surface area (Å²) in [6.45, 7) is 0.927. The van der Waals surface area contributed by atoms with E-state index in [1.54, 1.807) is 4.90 Å². The van der Waals surface area contributed by atoms with Crippen LogP contribution in [0, 0.1) is 5.92 Å². The fraction of sp³-hybridized carbons (Fsp3) is 0.529. The summed E-state index contributed by atoms with van der Waals surface area (Å²) in [4.78, 5) is 24.6. The molecule has 7 heteroatoms. The lowest BCUT2D eigenvalue weighted by molar-refractivity contribution is -0.139. The van der Waals surface area contributed by atoms with Gasteiger partial charge in [-0.05, 0) is 36.8 Å². The lowest BCUT2D eigenvalue weighted by Crippen LogP contribution is -2.41. The summed E-state index contributed by atoms with van der Waals surface area (Å²) in [7, 11) is 0. The third kappa shape index (κ3) is 4.97. The van der Waals surface area contributed by atoms with Crippen LogP contribution in [-0.4, -0.2) is 35.0 Å². The third-order valence-corrected chi connectivity index (χ3v) is 4.30. The second-order valence-electron chi connectivity index (χ2n) is 6.11. The van der Waals surface area contributed by atoms with Crippen LogP contribution in [0.1, 0.15) is 36.8 Å². The lowest BCUT2D eigenvalue weighted by atomic mass is 9.93. The van der Waals surface area contributed by atoms with E-state index < -0.39 is 17.7 Å². The molecule has 0 aromatic heterocycles. The molecule has 2 rings (SSSR count). The highest BCUT2D eigenvalue weighted by Gasteiger charge is 2.34. The number of amides is 1. The van der Waals surface area contributed by atoms with Gasteiger partial charge in [-0.25, -0.2) is 0 Å². The molecule has 1 amide bonds. The van der Waals surface area contributed by atoms with Crippen LogP contribution in [0.4, 0.5) is 13.2 Å². The molecule has 1 aliphatic rings. The number of carbonyl (C=O) groups is 2. The van der Waals surface area contributed by atoms with Gasteiger partial charge in [0, 0.05) is 19.5 Å². The molecule has 1 unspecified atom stereocenters. The first-order valence-electron chi connectivity index (χ1n) is 7.92. The number of nitrogens with zero attached hydrogens (tertiary/aromatic N) is 1. The molecule has 132 valence electrons. The van der Waals surface area contributed by atoms with Crippen molar-refractivity contribution < 1.29 is 27.9 Å². The molecule has 1 saturated heterocycles. The zero-order chi connectivity index (χ0) is 17.7. The van der Waals surface area contributed by atoms with Crippen LogP contribution in [0.25, 0.3) is 0 Å². The topological polar surface area (TPSA) is 57.6 Å². The summed E-state index contributed by atoms with van der Waals surface area (Å²) >= 11 is 0. The van der Waals surface area contributed by atoms with Gasteiger partial charge >= 0.3 is 12.1 Å². The molecule has 1 N–H and O–H groups in total. The monoisotopic (exact) mass is 343 g/mol. The van der Waals surface area contributed by atoms with Gasteiger partial charge in [-0.1, -0.05) is 18.2 Å². The van der Waals surface area contributed by atoms with Gasteiger partial charge in [0.25, 0.3) is 0 Å². The molecule has 1 aromatic carbocycles. The summed E-state index contributed by atoms with van der Waals surface area (Å²) in [5, 5.41) is 8.73. The van der Waals surface area contributed by atoms with Crippen LogP contribution < -0.4 is 0 Å². The van der Waals surface area contributed by atoms with Crippen molar-refractivity contribution in [1.82, 2.24) is 4.90 Å². The summed E-state index contributed by atoms with van der Waals surface area (Å²) < 4.78 is 39.0. The van der Waals surface area contributed by atoms with Crippen molar-refractivity contribution in [3.63, 3.8) is 0 Å². The van der Waals surface area contributed by atoms with Crippen LogP contribution >= 0.6 is 0 Å². The quantitative estimate of drug-likeness (QED) is 0.892. The van der Waals surface area contributed by atoms with E-state index in [4.69, 9.17) is 5.11 Å². The maximum atomic E-state index is 13.0. The predicted octanol–water partition coefficient (Wildman–Crippen LogP) is 3.35. The number of piperidine rings is 1. The number of halogens is 3. The van der Waals surface area contributed by atoms with Gasteiger partial charge in [-0.2, -0.15) is 13.2 Å². The van der Waals surface area contributed by atoms with E-state index in [0.29, 0.717) is 19.5 Å². The first kappa shape index (κ1) is 18.3. The Kier molecular flexibility index (Phi) is 5.85. The van der Waals surface area contributed by atoms with Crippen molar-refractivity contribution in [2.45, 2.75) is 38.3 Å². The van der Waals surface area contributed by atoms with Crippen molar-refractivity contribution in [1.29, 1.82) is 0 Å². The van der Waals surface area contributed by atoms with Gasteiger partial charge in [-0.3, -0.25) is 9.59 Å². The van der Waals surface area contributed by atoms with Crippen LogP contribution in [0.3, 0.4) is 0 Å². The number of benzene rings is 1. The van der Waals surface area contributed by atoms with Crippen LogP contribution in [0.2, 0.25) is 0 Å². The number of hydrogen-bond donors (Lipinski definition) is 1. The summed E-state index contributed by atoms with van der Waals surface area (Å²) in [6, 6.07) is 5.10. The first-order chi connectivity index (χ1) is 11.3. The third-order valence-electron chi connectivity index (χ3n) is 4.30. The van der Waals surface area contributed by atoms with Crippen molar-refractivity contribution in [3.8, 4) is 0 Å². The number of aliphatic carboxylic acids is 1. The van der Waals surface area contributed by atoms with E-state index in [2.05, 4.69) is 0 Å². The zero-order valence-corrected chi connectivity index (χ0v) is 13.2. The van der Waals surface area contributed by atoms with E-state index in [9.17, 15) is 22.8 Å². The molecule has 24 heavy (non-hydrogen) atoms. The van der Waals surface area contributed by atoms with Crippen molar-refractivity contribution in [3.05, 3.63) is 35.4 Å². The zero-order valence-electron chi connectivity index (χ0n) is 13.2. The highest BCUT2D eigenvalue weighted by Crippen LogP contribution is 2.32. The number of likely N-dealkylation sites (tertiary alicyclic amines) is 1. The van der Waals surface area contributed by atoms with E-state index >= 15 is 0 Å². The molecule has 0 saturated carbocycles. The Bertz CT molecular complexity index is 601. The highest BCUT2D eigenvalue weighted by atomic mass is 19.4. The van der Waals surface area contributed by atoms with Gasteiger partial charge in [0.1, 0.15) is 0 Å². The number of hydrogen-bond acceptors (Lipinski definition) is 2. The normalized spacial score (nSPS) is 18.5. The number of carboxylic acids is 1. The van der Waals surface area contributed by atoms with E-state index in [0.717, 1.165) is 18.9 Å². The number of carbonyl (C=O) groups excluding carboxylic acids is 1. The predicted molar refractivity (Wildman–Crippen MR) is 81.3 cm³/mol. The molecule has 0 radical (unpaired) electrons. The Hall–Kier alpha value is -2.05. The summed E-state index contributed by atoms with van der Waals surface area (Å²) in [5.41, 5.74) is -0.805. The van der Waals surface area contributed by atoms with E-state index in [-0.39, 0.29) is 30.2 Å². The van der Waals surface area contributed by atoms with Crippen LogP contribution in [0.5, 0.6) is 0 Å². The Labute approximate surface area is 138 Å². The molecular formula is C17H20F3NO3. The fourth-order valence-corrected chi connectivity index (χ4v) is 3.08. The molecule has 1 fully saturated rings. The minimum absolute atomic E-state index is 0.0253. The molecule has 1 heterocycles. The minimum Gasteiger partial charge on any atom is -0.481 e. The van der Waals surface area contributed by atoms with Gasteiger partial charge < -0.3 is 10.0 Å². The average molecular weight is 343 g/mol. The first-order valence-corrected chi connectivity index (χ1v) is 7.92. The molecule has 0 spiro atoms. The number of alkyl halides is 3. The SMILES string of the molecule is O=C(O)CCC1CCCN(C(=O)Cc2ccccc2C(F)(F)F)C1. The van der Waals surface area contributed by atoms with Gasteiger partial charge in [0.15, 0.2) is 0 Å². The number of rotatable bonds is 5. The van der Waals surface area contributed by atoms with Gasteiger partial charge in [0.2, 0.25) is 5.91 Å². The van der Waals surface area contributed by atoms with Crippen LogP contribution in [0.15, 0.2) is 24.3 Å². The number of carboxylic acid groups (broad SMARTS) is 1. The van der Waals surface area contributed by atoms with E-state index in [1.165, 1.54) is 18.2 Å². The molecule has 1 aromatic rings. The largest absolute Gasteiger partial charge is 0.481 e. The fourth-order valence-electron chi connectivity index (χ4n) is 3.08. The van der Waals surface area contributed by atoms with E-state index in [1.807, 2.05) is 0 Å². The summed E-state index contributed by atoms with van der Waals surface area (Å²) in [6.07, 6.45) is -2.65. The maximum Gasteiger partial charge on any atom is 0.416 e. The Morgan fingerprint density at radius 1 is 1.25 bits per heavy atom. The Morgan fingerprint density at radius 3 is 2.62 bits per heavy atom. The van der Waals surface area contributed by atoms with Gasteiger partial charge in [-0.15, -0.1) is 0 Å². The molecular weight excluding hydrogens is 323 g/mol. The maximum absolute atomic E-state index is 13.0. The molecule has 1 atom stereocenters. The average Bonchev–Trinajstić information content (AvgIpc) is 2.52. The lowest BCUT2D eigenvalue weighted by Gasteiger charge is -2.33. The van der Waals surface area contributed by atoms with Gasteiger partial charge in [0.05, 0.1) is 12.0 Å². The molecule has 0 aliphatic carbocycles. The Morgan fingerprint density at radius 2 is 1.96 bits per heavy atom. The van der Waals surface area contributed by atoms with Crippen LogP contribution in [-0.2, 0) is 22.2 Å². The second kappa shape index (κ2) is 7.68. The standard InChI is InChI=1S/C17H20F3NO3/c18-17(19,20)14-6-2-1-5-13(14)10-15(22)21-9-3-4-12(11-21)7-8-16(23)24/h1-2,5-6,12H,3-4,7-11H2,(H,23,24). The van der Waals surface area contributed by atoms with Crippen molar-refractivity contribution in [2.75, 3.05) is 13.1 Å². The Balaban J connectivity index is 2.01. The molecule has 1 aliphatic heterocycles. The molecule has 4 nitrogen and oxygen atoms in total. The minimum atomic E-state index is -4.48. The smallest absolute Gasteiger partial charge is 0.416 e. The van der Waals surface area contributed by atoms with Crippen molar-refractivity contribution in [2.24, 2.45) is 5.92 Å². The second-order valence-corrected chi connectivity index (χ2v) is 6.11. The van der Waals surface area contributed by atoms with Crippen molar-refractivity contribution >= 4 is 11.9 Å². The highest BCUT2D eigenvalue weighted by molar-refractivity contribution is 5.79.